The highest BCUT2D eigenvalue weighted by Crippen LogP contribution is 2.23. The van der Waals surface area contributed by atoms with Gasteiger partial charge in [-0.2, -0.15) is 0 Å². The Bertz CT molecular complexity index is 906. The topological polar surface area (TPSA) is 44.1 Å². The summed E-state index contributed by atoms with van der Waals surface area (Å²) < 4.78 is 6.93. The van der Waals surface area contributed by atoms with Gasteiger partial charge in [-0.3, -0.25) is 9.36 Å². The van der Waals surface area contributed by atoms with Crippen LogP contribution in [0.15, 0.2) is 70.7 Å². The molecule has 0 amide bonds. The lowest BCUT2D eigenvalue weighted by atomic mass is 10.1. The molecule has 24 heavy (non-hydrogen) atoms. The molecule has 3 rings (SSSR count). The van der Waals surface area contributed by atoms with Crippen LogP contribution < -0.4 is 10.3 Å². The van der Waals surface area contributed by atoms with E-state index in [9.17, 15) is 4.79 Å². The Morgan fingerprint density at radius 3 is 2.67 bits per heavy atom. The maximum Gasteiger partial charge on any atom is 0.287 e. The second-order valence-corrected chi connectivity index (χ2v) is 6.26. The fraction of sp³-hybridized carbons (Fsp3) is 0.158. The van der Waals surface area contributed by atoms with Gasteiger partial charge in [-0.05, 0) is 30.2 Å². The van der Waals surface area contributed by atoms with Gasteiger partial charge in [0.05, 0.1) is 12.8 Å². The molecule has 0 fully saturated rings. The normalized spacial score (nSPS) is 10.6. The molecule has 1 aromatic heterocycles. The zero-order valence-corrected chi connectivity index (χ0v) is 14.4. The van der Waals surface area contributed by atoms with E-state index in [1.165, 1.54) is 22.9 Å². The summed E-state index contributed by atoms with van der Waals surface area (Å²) in [6, 6.07) is 15.6. The molecule has 0 aliphatic rings. The standard InChI is InChI=1S/C19H18N2O2S/c1-14-7-3-4-8-15(14)13-24-18-19(22)21(12-11-20-18)16-9-5-6-10-17(16)23-2/h3-12H,13H2,1-2H3. The molecule has 4 nitrogen and oxygen atoms in total. The van der Waals surface area contributed by atoms with Crippen molar-refractivity contribution in [3.05, 3.63) is 82.4 Å². The van der Waals surface area contributed by atoms with E-state index in [-0.39, 0.29) is 5.56 Å². The average Bonchev–Trinajstić information content (AvgIpc) is 2.62. The van der Waals surface area contributed by atoms with Crippen LogP contribution in [0.5, 0.6) is 5.75 Å². The second kappa shape index (κ2) is 7.36. The van der Waals surface area contributed by atoms with E-state index in [0.717, 1.165) is 0 Å². The number of aryl methyl sites for hydroxylation is 1. The van der Waals surface area contributed by atoms with Crippen LogP contribution in [0, 0.1) is 6.92 Å². The van der Waals surface area contributed by atoms with Gasteiger partial charge in [0.15, 0.2) is 5.03 Å². The summed E-state index contributed by atoms with van der Waals surface area (Å²) in [5, 5.41) is 0.478. The van der Waals surface area contributed by atoms with Gasteiger partial charge in [0.2, 0.25) is 0 Å². The first-order chi connectivity index (χ1) is 11.7. The highest BCUT2D eigenvalue weighted by Gasteiger charge is 2.11. The van der Waals surface area contributed by atoms with E-state index in [1.54, 1.807) is 24.1 Å². The number of ether oxygens (including phenoxy) is 1. The molecule has 0 aliphatic heterocycles. The number of methoxy groups -OCH3 is 1. The monoisotopic (exact) mass is 338 g/mol. The van der Waals surface area contributed by atoms with E-state index in [4.69, 9.17) is 4.74 Å². The van der Waals surface area contributed by atoms with Crippen molar-refractivity contribution in [2.75, 3.05) is 7.11 Å². The summed E-state index contributed by atoms with van der Waals surface area (Å²) in [4.78, 5) is 17.0. The first kappa shape index (κ1) is 16.3. The smallest absolute Gasteiger partial charge is 0.287 e. The number of rotatable bonds is 5. The van der Waals surface area contributed by atoms with Crippen molar-refractivity contribution in [1.82, 2.24) is 9.55 Å². The van der Waals surface area contributed by atoms with Crippen molar-refractivity contribution in [3.8, 4) is 11.4 Å². The van der Waals surface area contributed by atoms with Gasteiger partial charge in [-0.1, -0.05) is 48.2 Å². The molecular formula is C19H18N2O2S. The van der Waals surface area contributed by atoms with Crippen molar-refractivity contribution in [3.63, 3.8) is 0 Å². The van der Waals surface area contributed by atoms with Gasteiger partial charge in [-0.15, -0.1) is 0 Å². The van der Waals surface area contributed by atoms with E-state index in [0.29, 0.717) is 22.2 Å². The van der Waals surface area contributed by atoms with Gasteiger partial charge in [0, 0.05) is 18.1 Å². The Kier molecular flexibility index (Phi) is 5.01. The number of nitrogens with zero attached hydrogens (tertiary/aromatic N) is 2. The lowest BCUT2D eigenvalue weighted by Gasteiger charge is -2.11. The van der Waals surface area contributed by atoms with Gasteiger partial charge in [-0.25, -0.2) is 4.98 Å². The van der Waals surface area contributed by atoms with Gasteiger partial charge >= 0.3 is 0 Å². The van der Waals surface area contributed by atoms with Gasteiger partial charge in [0.25, 0.3) is 5.56 Å². The fourth-order valence-electron chi connectivity index (χ4n) is 2.43. The molecule has 0 spiro atoms. The Morgan fingerprint density at radius 1 is 1.12 bits per heavy atom. The number of hydrogen-bond donors (Lipinski definition) is 0. The highest BCUT2D eigenvalue weighted by atomic mass is 32.2. The van der Waals surface area contributed by atoms with Crippen molar-refractivity contribution in [2.24, 2.45) is 0 Å². The van der Waals surface area contributed by atoms with Crippen molar-refractivity contribution >= 4 is 11.8 Å². The van der Waals surface area contributed by atoms with Crippen LogP contribution in [-0.2, 0) is 5.75 Å². The number of aromatic nitrogens is 2. The largest absolute Gasteiger partial charge is 0.495 e. The Hall–Kier alpha value is -2.53. The third kappa shape index (κ3) is 3.36. The van der Waals surface area contributed by atoms with Gasteiger partial charge in [0.1, 0.15) is 5.75 Å². The maximum absolute atomic E-state index is 12.8. The Balaban J connectivity index is 1.92. The van der Waals surface area contributed by atoms with E-state index < -0.39 is 0 Å². The van der Waals surface area contributed by atoms with E-state index >= 15 is 0 Å². The Morgan fingerprint density at radius 2 is 1.88 bits per heavy atom. The molecule has 0 radical (unpaired) electrons. The molecule has 0 saturated heterocycles. The molecule has 5 heteroatoms. The highest BCUT2D eigenvalue weighted by molar-refractivity contribution is 7.98. The average molecular weight is 338 g/mol. The first-order valence-electron chi connectivity index (χ1n) is 7.59. The number of thioether (sulfide) groups is 1. The molecule has 122 valence electrons. The lowest BCUT2D eigenvalue weighted by Crippen LogP contribution is -2.21. The minimum absolute atomic E-state index is 0.138. The van der Waals surface area contributed by atoms with Gasteiger partial charge < -0.3 is 4.74 Å². The number of hydrogen-bond acceptors (Lipinski definition) is 4. The molecule has 3 aromatic rings. The molecule has 0 unspecified atom stereocenters. The lowest BCUT2D eigenvalue weighted by molar-refractivity contribution is 0.412. The third-order valence-corrected chi connectivity index (χ3v) is 4.79. The minimum Gasteiger partial charge on any atom is -0.495 e. The fourth-order valence-corrected chi connectivity index (χ4v) is 3.40. The van der Waals surface area contributed by atoms with Crippen LogP contribution in [-0.4, -0.2) is 16.7 Å². The summed E-state index contributed by atoms with van der Waals surface area (Å²) >= 11 is 1.45. The molecule has 0 bridgehead atoms. The van der Waals surface area contributed by atoms with Crippen LogP contribution >= 0.6 is 11.8 Å². The molecular weight excluding hydrogens is 320 g/mol. The predicted molar refractivity (Wildman–Crippen MR) is 97.1 cm³/mol. The number of para-hydroxylation sites is 2. The summed E-state index contributed by atoms with van der Waals surface area (Å²) in [5.41, 5.74) is 2.99. The van der Waals surface area contributed by atoms with E-state index in [1.807, 2.05) is 36.4 Å². The quantitative estimate of drug-likeness (QED) is 0.663. The van der Waals surface area contributed by atoms with Crippen LogP contribution in [0.3, 0.4) is 0 Å². The van der Waals surface area contributed by atoms with Crippen LogP contribution in [0.1, 0.15) is 11.1 Å². The summed E-state index contributed by atoms with van der Waals surface area (Å²) in [5.74, 6) is 1.37. The zero-order valence-electron chi connectivity index (χ0n) is 13.6. The Labute approximate surface area is 145 Å². The third-order valence-electron chi connectivity index (χ3n) is 3.78. The predicted octanol–water partition coefficient (Wildman–Crippen LogP) is 3.84. The van der Waals surface area contributed by atoms with Crippen LogP contribution in [0.4, 0.5) is 0 Å². The van der Waals surface area contributed by atoms with E-state index in [2.05, 4.69) is 24.0 Å². The SMILES string of the molecule is COc1ccccc1-n1ccnc(SCc2ccccc2C)c1=O. The molecule has 0 saturated carbocycles. The molecule has 0 aliphatic carbocycles. The van der Waals surface area contributed by atoms with Crippen molar-refractivity contribution in [1.29, 1.82) is 0 Å². The molecule has 2 aromatic carbocycles. The second-order valence-electron chi connectivity index (χ2n) is 5.29. The maximum atomic E-state index is 12.8. The number of benzene rings is 2. The molecule has 1 heterocycles. The summed E-state index contributed by atoms with van der Waals surface area (Å²) in [6.45, 7) is 2.07. The van der Waals surface area contributed by atoms with Crippen molar-refractivity contribution < 1.29 is 4.74 Å². The van der Waals surface area contributed by atoms with Crippen molar-refractivity contribution in [2.45, 2.75) is 17.7 Å². The van der Waals surface area contributed by atoms with Crippen LogP contribution in [0.25, 0.3) is 5.69 Å². The summed E-state index contributed by atoms with van der Waals surface area (Å²) in [6.07, 6.45) is 3.31. The van der Waals surface area contributed by atoms with Crippen LogP contribution in [0.2, 0.25) is 0 Å². The molecule has 0 atom stereocenters. The summed E-state index contributed by atoms with van der Waals surface area (Å²) in [7, 11) is 1.60. The first-order valence-corrected chi connectivity index (χ1v) is 8.57. The minimum atomic E-state index is -0.138. The zero-order chi connectivity index (χ0) is 16.9. The molecule has 0 N–H and O–H groups in total.